The summed E-state index contributed by atoms with van der Waals surface area (Å²) in [7, 11) is -3.80. The Balaban J connectivity index is 2.93. The molecule has 0 aromatic heterocycles. The summed E-state index contributed by atoms with van der Waals surface area (Å²) >= 11 is 0. The van der Waals surface area contributed by atoms with Gasteiger partial charge in [0.15, 0.2) is 6.29 Å². The molecular weight excluding hydrogens is 258 g/mol. The number of benzene rings is 1. The molecule has 0 fully saturated rings. The van der Waals surface area contributed by atoms with E-state index in [1.165, 1.54) is 24.3 Å². The first-order valence-electron chi connectivity index (χ1n) is 4.70. The Kier molecular flexibility index (Phi) is 4.18. The lowest BCUT2D eigenvalue weighted by atomic mass is 10.2. The molecule has 7 nitrogen and oxygen atoms in total. The van der Waals surface area contributed by atoms with Crippen LogP contribution in [0.3, 0.4) is 0 Å². The molecule has 0 saturated carbocycles. The maximum atomic E-state index is 11.6. The number of hydrogen-bond acceptors (Lipinski definition) is 5. The Morgan fingerprint density at radius 1 is 1.22 bits per heavy atom. The molecule has 18 heavy (non-hydrogen) atoms. The minimum atomic E-state index is -3.80. The monoisotopic (exact) mass is 269 g/mol. The van der Waals surface area contributed by atoms with Crippen molar-refractivity contribution in [1.82, 2.24) is 5.32 Å². The zero-order valence-corrected chi connectivity index (χ0v) is 9.98. The number of nitrogens with one attached hydrogen (secondary N) is 1. The molecule has 1 aromatic rings. The van der Waals surface area contributed by atoms with Crippen LogP contribution in [0, 0.1) is 0 Å². The molecule has 0 heterocycles. The highest BCUT2D eigenvalue weighted by Gasteiger charge is 2.10. The summed E-state index contributed by atoms with van der Waals surface area (Å²) in [6.07, 6.45) is 1.33. The average Bonchev–Trinajstić information content (AvgIpc) is 2.34. The molecule has 0 atom stereocenters. The first kappa shape index (κ1) is 13.9. The van der Waals surface area contributed by atoms with E-state index in [1.807, 2.05) is 0 Å². The van der Waals surface area contributed by atoms with E-state index in [9.17, 15) is 18.0 Å². The number of amides is 1. The van der Waals surface area contributed by atoms with Gasteiger partial charge in [-0.25, -0.2) is 13.6 Å². The van der Waals surface area contributed by atoms with Crippen LogP contribution in [0.4, 0.5) is 0 Å². The van der Waals surface area contributed by atoms with Crippen molar-refractivity contribution in [2.75, 3.05) is 0 Å². The maximum absolute atomic E-state index is 11.6. The van der Waals surface area contributed by atoms with Crippen molar-refractivity contribution in [3.05, 3.63) is 41.7 Å². The molecule has 96 valence electrons. The van der Waals surface area contributed by atoms with Crippen molar-refractivity contribution in [2.24, 2.45) is 10.9 Å². The fourth-order valence-electron chi connectivity index (χ4n) is 1.11. The number of nitrogens with two attached hydrogens (primary N) is 2. The number of carbonyl (C=O) groups excluding carboxylic acids is 2. The molecular formula is C10H11N3O4S. The second-order valence-corrected chi connectivity index (χ2v) is 4.82. The first-order chi connectivity index (χ1) is 8.38. The molecule has 1 rings (SSSR count). The fourth-order valence-corrected chi connectivity index (χ4v) is 1.63. The number of carbonyl (C=O) groups is 2. The largest absolute Gasteiger partial charge is 0.403 e. The van der Waals surface area contributed by atoms with Crippen LogP contribution in [0.5, 0.6) is 0 Å². The summed E-state index contributed by atoms with van der Waals surface area (Å²) in [5.41, 5.74) is 5.17. The van der Waals surface area contributed by atoms with Crippen molar-refractivity contribution in [2.45, 2.75) is 4.90 Å². The van der Waals surface area contributed by atoms with Crippen LogP contribution in [0.1, 0.15) is 10.4 Å². The molecule has 0 unspecified atom stereocenters. The van der Waals surface area contributed by atoms with E-state index in [0.717, 1.165) is 6.20 Å². The van der Waals surface area contributed by atoms with Gasteiger partial charge in [-0.05, 0) is 24.3 Å². The molecule has 0 bridgehead atoms. The Morgan fingerprint density at radius 3 is 2.17 bits per heavy atom. The molecule has 8 heteroatoms. The van der Waals surface area contributed by atoms with E-state index >= 15 is 0 Å². The zero-order chi connectivity index (χ0) is 13.8. The van der Waals surface area contributed by atoms with Gasteiger partial charge in [-0.2, -0.15) is 0 Å². The summed E-state index contributed by atoms with van der Waals surface area (Å²) in [6.45, 7) is 0. The van der Waals surface area contributed by atoms with Gasteiger partial charge in [0.1, 0.15) is 0 Å². The van der Waals surface area contributed by atoms with Gasteiger partial charge in [0.25, 0.3) is 5.91 Å². The second-order valence-electron chi connectivity index (χ2n) is 3.26. The van der Waals surface area contributed by atoms with Crippen LogP contribution < -0.4 is 16.2 Å². The van der Waals surface area contributed by atoms with Gasteiger partial charge in [-0.3, -0.25) is 9.59 Å². The second kappa shape index (κ2) is 5.43. The van der Waals surface area contributed by atoms with E-state index < -0.39 is 15.9 Å². The van der Waals surface area contributed by atoms with E-state index in [2.05, 4.69) is 5.32 Å². The van der Waals surface area contributed by atoms with Crippen molar-refractivity contribution in [3.63, 3.8) is 0 Å². The lowest BCUT2D eigenvalue weighted by Crippen LogP contribution is -2.24. The summed E-state index contributed by atoms with van der Waals surface area (Å²) in [5, 5.41) is 7.15. The number of aldehydes is 1. The highest BCUT2D eigenvalue weighted by Crippen LogP contribution is 2.08. The number of rotatable bonds is 4. The Morgan fingerprint density at radius 2 is 1.78 bits per heavy atom. The van der Waals surface area contributed by atoms with Crippen LogP contribution in [0.25, 0.3) is 0 Å². The third-order valence-corrected chi connectivity index (χ3v) is 2.94. The Labute approximate surface area is 104 Å². The normalized spacial score (nSPS) is 11.9. The van der Waals surface area contributed by atoms with Crippen molar-refractivity contribution in [1.29, 1.82) is 0 Å². The lowest BCUT2D eigenvalue weighted by molar-refractivity contribution is -0.105. The zero-order valence-electron chi connectivity index (χ0n) is 9.16. The summed E-state index contributed by atoms with van der Waals surface area (Å²) < 4.78 is 22.0. The van der Waals surface area contributed by atoms with E-state index in [0.29, 0.717) is 6.29 Å². The van der Waals surface area contributed by atoms with Crippen molar-refractivity contribution >= 4 is 22.2 Å². The SMILES string of the molecule is NC=C(C=O)NC(=O)c1ccc(S(N)(=O)=O)cc1. The van der Waals surface area contributed by atoms with E-state index in [4.69, 9.17) is 10.9 Å². The smallest absolute Gasteiger partial charge is 0.255 e. The standard InChI is InChI=1S/C10H11N3O4S/c11-5-8(6-14)13-10(15)7-1-3-9(4-2-7)18(12,16)17/h1-6H,11H2,(H,13,15)(H2,12,16,17). The van der Waals surface area contributed by atoms with Crippen molar-refractivity contribution < 1.29 is 18.0 Å². The van der Waals surface area contributed by atoms with Crippen LogP contribution >= 0.6 is 0 Å². The van der Waals surface area contributed by atoms with Gasteiger partial charge in [0.2, 0.25) is 10.0 Å². The van der Waals surface area contributed by atoms with Gasteiger partial charge in [-0.1, -0.05) is 0 Å². The predicted molar refractivity (Wildman–Crippen MR) is 63.6 cm³/mol. The quantitative estimate of drug-likeness (QED) is 0.479. The first-order valence-corrected chi connectivity index (χ1v) is 6.24. The number of primary sulfonamides is 1. The maximum Gasteiger partial charge on any atom is 0.255 e. The molecule has 0 aliphatic heterocycles. The van der Waals surface area contributed by atoms with E-state index in [-0.39, 0.29) is 16.2 Å². The van der Waals surface area contributed by atoms with Gasteiger partial charge in [0.05, 0.1) is 10.6 Å². The molecule has 0 aliphatic carbocycles. The van der Waals surface area contributed by atoms with Gasteiger partial charge in [0, 0.05) is 11.8 Å². The third kappa shape index (κ3) is 3.40. The fraction of sp³-hybridized carbons (Fsp3) is 0. The third-order valence-electron chi connectivity index (χ3n) is 2.01. The topological polar surface area (TPSA) is 132 Å². The van der Waals surface area contributed by atoms with Gasteiger partial charge < -0.3 is 11.1 Å². The highest BCUT2D eigenvalue weighted by atomic mass is 32.2. The number of allylic oxidation sites excluding steroid dienone is 1. The summed E-state index contributed by atoms with van der Waals surface area (Å²) in [4.78, 5) is 21.9. The molecule has 1 amide bonds. The number of sulfonamides is 1. The Bertz CT molecular complexity index is 590. The summed E-state index contributed by atoms with van der Waals surface area (Å²) in [6, 6.07) is 4.93. The molecule has 0 radical (unpaired) electrons. The minimum Gasteiger partial charge on any atom is -0.403 e. The molecule has 0 spiro atoms. The minimum absolute atomic E-state index is 0.0875. The molecule has 0 saturated heterocycles. The van der Waals surface area contributed by atoms with Crippen molar-refractivity contribution in [3.8, 4) is 0 Å². The number of hydrogen-bond donors (Lipinski definition) is 3. The van der Waals surface area contributed by atoms with Gasteiger partial charge >= 0.3 is 0 Å². The van der Waals surface area contributed by atoms with E-state index in [1.54, 1.807) is 0 Å². The average molecular weight is 269 g/mol. The van der Waals surface area contributed by atoms with Crippen LogP contribution in [-0.2, 0) is 14.8 Å². The molecule has 0 aliphatic rings. The lowest BCUT2D eigenvalue weighted by Gasteiger charge is -2.04. The predicted octanol–water partition coefficient (Wildman–Crippen LogP) is -0.937. The highest BCUT2D eigenvalue weighted by molar-refractivity contribution is 7.89. The van der Waals surface area contributed by atoms with Gasteiger partial charge in [-0.15, -0.1) is 0 Å². The summed E-state index contributed by atoms with van der Waals surface area (Å²) in [5.74, 6) is -0.584. The molecule has 5 N–H and O–H groups in total. The van der Waals surface area contributed by atoms with Crippen LogP contribution in [0.15, 0.2) is 41.1 Å². The molecule has 1 aromatic carbocycles. The Hall–Kier alpha value is -2.19. The van der Waals surface area contributed by atoms with Crippen LogP contribution in [0.2, 0.25) is 0 Å². The van der Waals surface area contributed by atoms with Crippen LogP contribution in [-0.4, -0.2) is 20.6 Å².